The van der Waals surface area contributed by atoms with Crippen LogP contribution in [0.3, 0.4) is 0 Å². The number of hydrogen-bond donors (Lipinski definition) is 0. The van der Waals surface area contributed by atoms with Gasteiger partial charge in [0, 0.05) is 6.26 Å². The molecule has 0 aliphatic carbocycles. The quantitative estimate of drug-likeness (QED) is 0.754. The van der Waals surface area contributed by atoms with Crippen LogP contribution in [0.4, 0.5) is 0 Å². The highest BCUT2D eigenvalue weighted by molar-refractivity contribution is 7.90. The molecule has 1 aliphatic rings. The maximum absolute atomic E-state index is 11.4. The van der Waals surface area contributed by atoms with E-state index in [0.29, 0.717) is 17.1 Å². The molecule has 1 aromatic rings. The van der Waals surface area contributed by atoms with Crippen LogP contribution in [0.15, 0.2) is 29.2 Å². The van der Waals surface area contributed by atoms with E-state index < -0.39 is 9.84 Å². The van der Waals surface area contributed by atoms with Gasteiger partial charge in [0.2, 0.25) is 0 Å². The van der Waals surface area contributed by atoms with Crippen molar-refractivity contribution in [3.8, 4) is 0 Å². The highest BCUT2D eigenvalue weighted by atomic mass is 32.2. The Morgan fingerprint density at radius 2 is 2.06 bits per heavy atom. The highest BCUT2D eigenvalue weighted by Crippen LogP contribution is 2.26. The summed E-state index contributed by atoms with van der Waals surface area (Å²) in [5.74, 6) is 0. The Balaban J connectivity index is 2.04. The third kappa shape index (κ3) is 2.83. The third-order valence-corrected chi connectivity index (χ3v) is 3.99. The third-order valence-electron chi connectivity index (χ3n) is 2.88. The molecule has 2 unspecified atom stereocenters. The summed E-state index contributed by atoms with van der Waals surface area (Å²) in [7, 11) is -3.09. The predicted octanol–water partition coefficient (Wildman–Crippen LogP) is 1.81. The van der Waals surface area contributed by atoms with E-state index in [0.717, 1.165) is 18.4 Å². The van der Waals surface area contributed by atoms with E-state index >= 15 is 0 Å². The molecule has 1 aliphatic heterocycles. The Hall–Kier alpha value is -0.870. The first-order chi connectivity index (χ1) is 7.47. The van der Waals surface area contributed by atoms with Crippen molar-refractivity contribution in [3.05, 3.63) is 29.8 Å². The fourth-order valence-electron chi connectivity index (χ4n) is 1.77. The molecule has 1 saturated heterocycles. The highest BCUT2D eigenvalue weighted by Gasteiger charge is 2.33. The maximum Gasteiger partial charge on any atom is 0.175 e. The molecule has 0 bridgehead atoms. The minimum absolute atomic E-state index is 0.363. The maximum atomic E-state index is 11.4. The lowest BCUT2D eigenvalue weighted by Crippen LogP contribution is -1.99. The lowest BCUT2D eigenvalue weighted by atomic mass is 10.1. The molecule has 0 saturated carbocycles. The Morgan fingerprint density at radius 1 is 1.38 bits per heavy atom. The molecule has 3 nitrogen and oxygen atoms in total. The lowest BCUT2D eigenvalue weighted by molar-refractivity contribution is 0.370. The van der Waals surface area contributed by atoms with Gasteiger partial charge in [0.1, 0.15) is 0 Å². The fraction of sp³-hybridized carbons (Fsp3) is 0.500. The smallest absolute Gasteiger partial charge is 0.175 e. The molecule has 1 fully saturated rings. The van der Waals surface area contributed by atoms with Crippen molar-refractivity contribution in [2.75, 3.05) is 6.26 Å². The number of sulfone groups is 1. The minimum Gasteiger partial charge on any atom is -0.370 e. The summed E-state index contributed by atoms with van der Waals surface area (Å²) in [4.78, 5) is 0.398. The van der Waals surface area contributed by atoms with Gasteiger partial charge in [0.15, 0.2) is 9.84 Å². The van der Waals surface area contributed by atoms with E-state index in [-0.39, 0.29) is 0 Å². The molecule has 4 heteroatoms. The van der Waals surface area contributed by atoms with Gasteiger partial charge >= 0.3 is 0 Å². The normalized spacial score (nSPS) is 24.4. The molecule has 0 aromatic heterocycles. The van der Waals surface area contributed by atoms with Crippen molar-refractivity contribution >= 4 is 9.84 Å². The summed E-state index contributed by atoms with van der Waals surface area (Å²) < 4.78 is 28.0. The van der Waals surface area contributed by atoms with Crippen LogP contribution in [0.25, 0.3) is 0 Å². The van der Waals surface area contributed by atoms with Gasteiger partial charge < -0.3 is 4.74 Å². The van der Waals surface area contributed by atoms with Crippen LogP contribution in [-0.2, 0) is 21.0 Å². The topological polar surface area (TPSA) is 46.7 Å². The Morgan fingerprint density at radius 3 is 2.62 bits per heavy atom. The molecular weight excluding hydrogens is 224 g/mol. The first kappa shape index (κ1) is 11.6. The zero-order valence-corrected chi connectivity index (χ0v) is 10.3. The molecule has 0 N–H and O–H groups in total. The van der Waals surface area contributed by atoms with Crippen molar-refractivity contribution in [3.63, 3.8) is 0 Å². The van der Waals surface area contributed by atoms with Gasteiger partial charge in [-0.2, -0.15) is 0 Å². The Labute approximate surface area is 96.4 Å². The summed E-state index contributed by atoms with van der Waals surface area (Å²) >= 11 is 0. The Kier molecular flexibility index (Phi) is 3.04. The number of rotatable bonds is 4. The molecule has 2 rings (SSSR count). The van der Waals surface area contributed by atoms with Gasteiger partial charge in [0.25, 0.3) is 0 Å². The van der Waals surface area contributed by atoms with Crippen molar-refractivity contribution in [1.82, 2.24) is 0 Å². The van der Waals surface area contributed by atoms with E-state index in [1.54, 1.807) is 18.2 Å². The van der Waals surface area contributed by atoms with Gasteiger partial charge in [-0.15, -0.1) is 0 Å². The lowest BCUT2D eigenvalue weighted by Gasteiger charge is -2.02. The second-order valence-electron chi connectivity index (χ2n) is 4.34. The van der Waals surface area contributed by atoms with Gasteiger partial charge in [0.05, 0.1) is 17.1 Å². The van der Waals surface area contributed by atoms with Crippen LogP contribution < -0.4 is 0 Å². The number of benzene rings is 1. The van der Waals surface area contributed by atoms with E-state index in [2.05, 4.69) is 6.92 Å². The summed E-state index contributed by atoms with van der Waals surface area (Å²) in [5, 5.41) is 0. The van der Waals surface area contributed by atoms with Crippen molar-refractivity contribution in [2.24, 2.45) is 0 Å². The largest absolute Gasteiger partial charge is 0.370 e. The molecule has 16 heavy (non-hydrogen) atoms. The second kappa shape index (κ2) is 4.18. The SMILES string of the molecule is CC1OC1CCc1cccc(S(C)(=O)=O)c1. The zero-order chi connectivity index (χ0) is 11.8. The second-order valence-corrected chi connectivity index (χ2v) is 6.35. The van der Waals surface area contributed by atoms with Crippen molar-refractivity contribution < 1.29 is 13.2 Å². The van der Waals surface area contributed by atoms with Crippen LogP contribution in [-0.4, -0.2) is 26.9 Å². The molecule has 2 atom stereocenters. The fourth-order valence-corrected chi connectivity index (χ4v) is 2.46. The average molecular weight is 240 g/mol. The van der Waals surface area contributed by atoms with Crippen LogP contribution in [0, 0.1) is 0 Å². The summed E-state index contributed by atoms with van der Waals surface area (Å²) in [6.07, 6.45) is 3.81. The number of ether oxygens (including phenoxy) is 1. The molecule has 0 amide bonds. The van der Waals surface area contributed by atoms with Crippen LogP contribution in [0.5, 0.6) is 0 Å². The van der Waals surface area contributed by atoms with Gasteiger partial charge in [-0.25, -0.2) is 8.42 Å². The van der Waals surface area contributed by atoms with Crippen molar-refractivity contribution in [2.45, 2.75) is 36.9 Å². The van der Waals surface area contributed by atoms with E-state index in [1.165, 1.54) is 6.26 Å². The van der Waals surface area contributed by atoms with Crippen molar-refractivity contribution in [1.29, 1.82) is 0 Å². The van der Waals surface area contributed by atoms with E-state index in [4.69, 9.17) is 4.74 Å². The molecule has 0 spiro atoms. The van der Waals surface area contributed by atoms with E-state index in [9.17, 15) is 8.42 Å². The van der Waals surface area contributed by atoms with Gasteiger partial charge in [-0.3, -0.25) is 0 Å². The van der Waals surface area contributed by atoms with Gasteiger partial charge in [-0.1, -0.05) is 12.1 Å². The first-order valence-corrected chi connectivity index (χ1v) is 7.30. The number of hydrogen-bond acceptors (Lipinski definition) is 3. The van der Waals surface area contributed by atoms with E-state index in [1.807, 2.05) is 6.07 Å². The average Bonchev–Trinajstić information content (AvgIpc) is 2.91. The molecule has 1 heterocycles. The zero-order valence-electron chi connectivity index (χ0n) is 9.51. The van der Waals surface area contributed by atoms with Crippen LogP contribution in [0.2, 0.25) is 0 Å². The first-order valence-electron chi connectivity index (χ1n) is 5.41. The standard InChI is InChI=1S/C12H16O3S/c1-9-12(15-9)7-6-10-4-3-5-11(8-10)16(2,13)14/h3-5,8-9,12H,6-7H2,1-2H3. The predicted molar refractivity (Wildman–Crippen MR) is 62.2 cm³/mol. The van der Waals surface area contributed by atoms with Gasteiger partial charge in [-0.05, 0) is 37.5 Å². The summed E-state index contributed by atoms with van der Waals surface area (Å²) in [5.41, 5.74) is 1.06. The summed E-state index contributed by atoms with van der Waals surface area (Å²) in [6, 6.07) is 7.14. The number of epoxide rings is 1. The summed E-state index contributed by atoms with van der Waals surface area (Å²) in [6.45, 7) is 2.05. The molecule has 1 aromatic carbocycles. The molecule has 0 radical (unpaired) electrons. The Bertz CT molecular complexity index is 479. The van der Waals surface area contributed by atoms with Crippen LogP contribution in [0.1, 0.15) is 18.9 Å². The van der Waals surface area contributed by atoms with Crippen LogP contribution >= 0.6 is 0 Å². The molecular formula is C12H16O3S. The minimum atomic E-state index is -3.09. The molecule has 88 valence electrons. The number of aryl methyl sites for hydroxylation is 1. The monoisotopic (exact) mass is 240 g/mol.